The van der Waals surface area contributed by atoms with Crippen LogP contribution in [0.4, 0.5) is 0 Å². The largest absolute Gasteiger partial charge is 0.446 e. The molecule has 0 atom stereocenters. The third kappa shape index (κ3) is 5.87. The molecular weight excluding hydrogens is 364 g/mol. The molecule has 27 heavy (non-hydrogen) atoms. The Hall–Kier alpha value is -3.31. The monoisotopic (exact) mass is 380 g/mol. The second-order valence-electron chi connectivity index (χ2n) is 5.48. The summed E-state index contributed by atoms with van der Waals surface area (Å²) in [6.07, 6.45) is 0.289. The molecule has 0 radical (unpaired) electrons. The fourth-order valence-electron chi connectivity index (χ4n) is 2.19. The fourth-order valence-corrected chi connectivity index (χ4v) is 2.39. The van der Waals surface area contributed by atoms with Gasteiger partial charge in [0, 0.05) is 5.02 Å². The summed E-state index contributed by atoms with van der Waals surface area (Å²) in [5, 5.41) is 4.53. The zero-order valence-corrected chi connectivity index (χ0v) is 15.0. The topological polar surface area (TPSA) is 59.9 Å². The molecule has 0 aromatic heterocycles. The molecule has 1 N–H and O–H groups in total. The first kappa shape index (κ1) is 18.5. The van der Waals surface area contributed by atoms with E-state index in [-0.39, 0.29) is 0 Å². The number of benzene rings is 3. The van der Waals surface area contributed by atoms with E-state index in [2.05, 4.69) is 10.5 Å². The minimum absolute atomic E-state index is 0.507. The van der Waals surface area contributed by atoms with Gasteiger partial charge in [-0.1, -0.05) is 60.1 Å². The summed E-state index contributed by atoms with van der Waals surface area (Å²) in [6, 6.07) is 25.0. The molecule has 0 spiro atoms. The van der Waals surface area contributed by atoms with Gasteiger partial charge in [0.2, 0.25) is 0 Å². The molecule has 0 saturated heterocycles. The Labute approximate surface area is 162 Å². The Morgan fingerprint density at radius 3 is 2.04 bits per heavy atom. The van der Waals surface area contributed by atoms with E-state index in [1.54, 1.807) is 42.5 Å². The van der Waals surface area contributed by atoms with Crippen LogP contribution in [0.5, 0.6) is 11.5 Å². The number of rotatable bonds is 7. The zero-order chi connectivity index (χ0) is 18.9. The number of ether oxygens (including phenoxy) is 2. The molecule has 0 fully saturated rings. The van der Waals surface area contributed by atoms with Gasteiger partial charge >= 0.3 is 12.2 Å². The first-order valence-corrected chi connectivity index (χ1v) is 8.60. The number of para-hydroxylation sites is 2. The van der Waals surface area contributed by atoms with Crippen molar-refractivity contribution in [2.24, 2.45) is 5.10 Å². The van der Waals surface area contributed by atoms with Crippen LogP contribution in [-0.4, -0.2) is 18.4 Å². The summed E-state index contributed by atoms with van der Waals surface area (Å²) in [4.78, 5) is 12.5. The smallest absolute Gasteiger partial charge is 0.323 e. The minimum Gasteiger partial charge on any atom is -0.446 e. The summed E-state index contributed by atoms with van der Waals surface area (Å²) >= 11 is 5.93. The average Bonchev–Trinajstić information content (AvgIpc) is 2.69. The summed E-state index contributed by atoms with van der Waals surface area (Å²) < 4.78 is 11.3. The third-order valence-electron chi connectivity index (χ3n) is 3.42. The summed E-state index contributed by atoms with van der Waals surface area (Å²) in [5.41, 5.74) is 3.19. The van der Waals surface area contributed by atoms with Crippen molar-refractivity contribution in [1.29, 1.82) is 0 Å². The van der Waals surface area contributed by atoms with Crippen LogP contribution in [0.1, 0.15) is 5.56 Å². The number of nitrogens with one attached hydrogen (secondary N) is 1. The van der Waals surface area contributed by atoms with E-state index in [0.717, 1.165) is 5.56 Å². The van der Waals surface area contributed by atoms with Gasteiger partial charge < -0.3 is 9.47 Å². The highest BCUT2D eigenvalue weighted by Crippen LogP contribution is 2.16. The van der Waals surface area contributed by atoms with E-state index in [1.165, 1.54) is 6.21 Å². The van der Waals surface area contributed by atoms with Crippen molar-refractivity contribution in [3.05, 3.63) is 95.5 Å². The number of carbonyl (C=O) groups is 1. The SMILES string of the molecule is O=C(N/N=C/c1cccc(Cl)c1)C(Oc1ccccc1)Oc1ccccc1. The lowest BCUT2D eigenvalue weighted by molar-refractivity contribution is -0.140. The number of amides is 1. The second-order valence-corrected chi connectivity index (χ2v) is 5.92. The molecule has 0 aliphatic heterocycles. The lowest BCUT2D eigenvalue weighted by atomic mass is 10.2. The predicted molar refractivity (Wildman–Crippen MR) is 105 cm³/mol. The number of hydrogen-bond donors (Lipinski definition) is 1. The molecule has 0 heterocycles. The second kappa shape index (κ2) is 9.40. The van der Waals surface area contributed by atoms with Gasteiger partial charge in [-0.15, -0.1) is 0 Å². The van der Waals surface area contributed by atoms with Crippen LogP contribution in [0.15, 0.2) is 90.0 Å². The van der Waals surface area contributed by atoms with E-state index in [0.29, 0.717) is 16.5 Å². The van der Waals surface area contributed by atoms with Gasteiger partial charge in [-0.2, -0.15) is 5.10 Å². The molecule has 1 amide bonds. The van der Waals surface area contributed by atoms with Crippen LogP contribution in [0.3, 0.4) is 0 Å². The molecule has 3 rings (SSSR count). The molecule has 0 saturated carbocycles. The van der Waals surface area contributed by atoms with E-state index >= 15 is 0 Å². The van der Waals surface area contributed by atoms with Crippen LogP contribution in [0.2, 0.25) is 5.02 Å². The lowest BCUT2D eigenvalue weighted by Crippen LogP contribution is -2.40. The minimum atomic E-state index is -1.20. The van der Waals surface area contributed by atoms with Gasteiger partial charge in [-0.05, 0) is 42.0 Å². The van der Waals surface area contributed by atoms with Crippen molar-refractivity contribution in [1.82, 2.24) is 5.43 Å². The summed E-state index contributed by atoms with van der Waals surface area (Å²) in [5.74, 6) is 0.473. The Morgan fingerprint density at radius 2 is 1.48 bits per heavy atom. The standard InChI is InChI=1S/C21H17ClN2O3/c22-17-9-7-8-16(14-17)15-23-24-20(25)21(26-18-10-3-1-4-11-18)27-19-12-5-2-6-13-19/h1-15,21H,(H,24,25)/b23-15+. The molecule has 6 heteroatoms. The summed E-state index contributed by atoms with van der Waals surface area (Å²) in [7, 11) is 0. The van der Waals surface area contributed by atoms with Gasteiger partial charge in [0.15, 0.2) is 0 Å². The van der Waals surface area contributed by atoms with Gasteiger partial charge in [0.25, 0.3) is 0 Å². The van der Waals surface area contributed by atoms with Crippen LogP contribution < -0.4 is 14.9 Å². The van der Waals surface area contributed by atoms with E-state index in [1.807, 2.05) is 42.5 Å². The predicted octanol–water partition coefficient (Wildman–Crippen LogP) is 4.27. The highest BCUT2D eigenvalue weighted by molar-refractivity contribution is 6.30. The highest BCUT2D eigenvalue weighted by atomic mass is 35.5. The van der Waals surface area contributed by atoms with Crippen LogP contribution in [-0.2, 0) is 4.79 Å². The Kier molecular flexibility index (Phi) is 6.44. The maximum absolute atomic E-state index is 12.5. The first-order valence-electron chi connectivity index (χ1n) is 8.22. The van der Waals surface area contributed by atoms with Gasteiger partial charge in [-0.25, -0.2) is 5.43 Å². The van der Waals surface area contributed by atoms with E-state index in [4.69, 9.17) is 21.1 Å². The van der Waals surface area contributed by atoms with E-state index in [9.17, 15) is 4.79 Å². The molecule has 136 valence electrons. The Morgan fingerprint density at radius 1 is 0.889 bits per heavy atom. The molecule has 0 bridgehead atoms. The van der Waals surface area contributed by atoms with E-state index < -0.39 is 12.2 Å². The highest BCUT2D eigenvalue weighted by Gasteiger charge is 2.22. The molecule has 0 aliphatic rings. The number of halogens is 1. The number of hydrogen-bond acceptors (Lipinski definition) is 4. The van der Waals surface area contributed by atoms with Crippen LogP contribution in [0, 0.1) is 0 Å². The van der Waals surface area contributed by atoms with Gasteiger partial charge in [0.1, 0.15) is 11.5 Å². The van der Waals surface area contributed by atoms with Gasteiger partial charge in [-0.3, -0.25) is 4.79 Å². The number of carbonyl (C=O) groups excluding carboxylic acids is 1. The summed E-state index contributed by atoms with van der Waals surface area (Å²) in [6.45, 7) is 0. The molecule has 3 aromatic rings. The van der Waals surface area contributed by atoms with Crippen molar-refractivity contribution in [2.45, 2.75) is 6.29 Å². The molecule has 0 unspecified atom stereocenters. The maximum Gasteiger partial charge on any atom is 0.323 e. The number of nitrogens with zero attached hydrogens (tertiary/aromatic N) is 1. The van der Waals surface area contributed by atoms with Crippen molar-refractivity contribution in [2.75, 3.05) is 0 Å². The first-order chi connectivity index (χ1) is 13.2. The van der Waals surface area contributed by atoms with Crippen molar-refractivity contribution in [3.8, 4) is 11.5 Å². The lowest BCUT2D eigenvalue weighted by Gasteiger charge is -2.18. The third-order valence-corrected chi connectivity index (χ3v) is 3.66. The van der Waals surface area contributed by atoms with Crippen molar-refractivity contribution in [3.63, 3.8) is 0 Å². The van der Waals surface area contributed by atoms with Gasteiger partial charge in [0.05, 0.1) is 6.21 Å². The fraction of sp³-hybridized carbons (Fsp3) is 0.0476. The Balaban J connectivity index is 1.69. The maximum atomic E-state index is 12.5. The van der Waals surface area contributed by atoms with Crippen LogP contribution in [0.25, 0.3) is 0 Å². The van der Waals surface area contributed by atoms with Crippen molar-refractivity contribution < 1.29 is 14.3 Å². The Bertz CT molecular complexity index is 860. The molecule has 3 aromatic carbocycles. The molecule has 0 aliphatic carbocycles. The normalized spacial score (nSPS) is 10.7. The number of hydrazone groups is 1. The quantitative estimate of drug-likeness (QED) is 0.378. The average molecular weight is 381 g/mol. The molecular formula is C21H17ClN2O3. The zero-order valence-electron chi connectivity index (χ0n) is 14.3. The molecule has 5 nitrogen and oxygen atoms in total. The van der Waals surface area contributed by atoms with Crippen LogP contribution >= 0.6 is 11.6 Å². The van der Waals surface area contributed by atoms with Crippen molar-refractivity contribution >= 4 is 23.7 Å².